The molecule has 146 valence electrons. The van der Waals surface area contributed by atoms with Crippen LogP contribution in [-0.2, 0) is 11.2 Å². The van der Waals surface area contributed by atoms with Crippen LogP contribution in [0.15, 0.2) is 29.4 Å². The summed E-state index contributed by atoms with van der Waals surface area (Å²) in [7, 11) is 1.78. The van der Waals surface area contributed by atoms with Crippen molar-refractivity contribution >= 4 is 35.6 Å². The highest BCUT2D eigenvalue weighted by Crippen LogP contribution is 2.09. The molecule has 0 saturated carbocycles. The fraction of sp³-hybridized carbons (Fsp3) is 0.611. The maximum Gasteiger partial charge on any atom is 0.190 e. The lowest BCUT2D eigenvalue weighted by atomic mass is 10.0. The minimum Gasteiger partial charge on any atom is -0.378 e. The van der Waals surface area contributed by atoms with Crippen LogP contribution in [0.1, 0.15) is 33.0 Å². The van der Waals surface area contributed by atoms with E-state index >= 15 is 0 Å². The number of nitrogens with zero attached hydrogens (tertiary/aromatic N) is 4. The molecule has 8 heteroatoms. The van der Waals surface area contributed by atoms with Crippen molar-refractivity contribution < 1.29 is 4.74 Å². The number of nitrogens with one attached hydrogen (secondary N) is 2. The van der Waals surface area contributed by atoms with Gasteiger partial charge in [0, 0.05) is 39.4 Å². The van der Waals surface area contributed by atoms with Gasteiger partial charge in [0.25, 0.3) is 0 Å². The molecule has 0 aromatic carbocycles. The molecule has 0 saturated heterocycles. The Morgan fingerprint density at radius 2 is 2.00 bits per heavy atom. The van der Waals surface area contributed by atoms with Gasteiger partial charge in [0.15, 0.2) is 11.6 Å². The Kier molecular flexibility index (Phi) is 10.5. The van der Waals surface area contributed by atoms with Crippen molar-refractivity contribution in [1.82, 2.24) is 25.2 Å². The Morgan fingerprint density at radius 1 is 1.23 bits per heavy atom. The van der Waals surface area contributed by atoms with Gasteiger partial charge in [-0.1, -0.05) is 19.9 Å². The summed E-state index contributed by atoms with van der Waals surface area (Å²) in [5.74, 6) is 2.25. The van der Waals surface area contributed by atoms with E-state index in [1.54, 1.807) is 7.05 Å². The van der Waals surface area contributed by atoms with Crippen LogP contribution >= 0.6 is 24.0 Å². The van der Waals surface area contributed by atoms with E-state index in [9.17, 15) is 0 Å². The molecule has 1 unspecified atom stereocenters. The summed E-state index contributed by atoms with van der Waals surface area (Å²) in [5, 5.41) is 15.1. The molecular formula is C18H31IN6O. The third-order valence-corrected chi connectivity index (χ3v) is 4.09. The summed E-state index contributed by atoms with van der Waals surface area (Å²) in [6, 6.07) is 5.90. The van der Waals surface area contributed by atoms with Crippen LogP contribution in [0.4, 0.5) is 0 Å². The average molecular weight is 474 g/mol. The SMILES string of the molecule is CCOC(CCNC(=NC)NCCc1nnc2ccccn12)C(C)C.I. The van der Waals surface area contributed by atoms with Gasteiger partial charge in [0.1, 0.15) is 5.82 Å². The second-order valence-electron chi connectivity index (χ2n) is 6.25. The van der Waals surface area contributed by atoms with Crippen LogP contribution in [0.25, 0.3) is 5.65 Å². The predicted octanol–water partition coefficient (Wildman–Crippen LogP) is 2.51. The van der Waals surface area contributed by atoms with E-state index in [4.69, 9.17) is 4.74 Å². The monoisotopic (exact) mass is 474 g/mol. The molecule has 0 aliphatic carbocycles. The first-order valence-corrected chi connectivity index (χ1v) is 9.00. The second kappa shape index (κ2) is 12.1. The first-order valence-electron chi connectivity index (χ1n) is 9.00. The number of halogens is 1. The van der Waals surface area contributed by atoms with E-state index in [2.05, 4.69) is 39.7 Å². The Balaban J connectivity index is 0.00000338. The molecule has 2 rings (SSSR count). The lowest BCUT2D eigenvalue weighted by Gasteiger charge is -2.21. The van der Waals surface area contributed by atoms with Crippen molar-refractivity contribution in [1.29, 1.82) is 0 Å². The van der Waals surface area contributed by atoms with Gasteiger partial charge in [-0.25, -0.2) is 0 Å². The fourth-order valence-corrected chi connectivity index (χ4v) is 2.73. The molecule has 2 aromatic rings. The molecule has 0 spiro atoms. The fourth-order valence-electron chi connectivity index (χ4n) is 2.73. The van der Waals surface area contributed by atoms with Gasteiger partial charge < -0.3 is 15.4 Å². The van der Waals surface area contributed by atoms with Gasteiger partial charge in [-0.2, -0.15) is 0 Å². The number of ether oxygens (including phenoxy) is 1. The molecule has 0 radical (unpaired) electrons. The second-order valence-corrected chi connectivity index (χ2v) is 6.25. The number of pyridine rings is 1. The quantitative estimate of drug-likeness (QED) is 0.332. The number of aliphatic imine (C=N–C) groups is 1. The normalized spacial score (nSPS) is 12.9. The molecule has 0 aliphatic heterocycles. The lowest BCUT2D eigenvalue weighted by molar-refractivity contribution is 0.0258. The van der Waals surface area contributed by atoms with E-state index in [0.29, 0.717) is 5.92 Å². The Morgan fingerprint density at radius 3 is 2.69 bits per heavy atom. The molecule has 1 atom stereocenters. The highest BCUT2D eigenvalue weighted by molar-refractivity contribution is 14.0. The lowest BCUT2D eigenvalue weighted by Crippen LogP contribution is -2.40. The predicted molar refractivity (Wildman–Crippen MR) is 116 cm³/mol. The maximum atomic E-state index is 5.77. The van der Waals surface area contributed by atoms with Crippen molar-refractivity contribution in [3.63, 3.8) is 0 Å². The summed E-state index contributed by atoms with van der Waals surface area (Å²) in [6.07, 6.45) is 4.00. The number of aromatic nitrogens is 3. The van der Waals surface area contributed by atoms with Gasteiger partial charge in [-0.3, -0.25) is 9.39 Å². The smallest absolute Gasteiger partial charge is 0.190 e. The first-order chi connectivity index (χ1) is 12.2. The van der Waals surface area contributed by atoms with Gasteiger partial charge in [-0.05, 0) is 31.4 Å². The number of fused-ring (bicyclic) bond motifs is 1. The Hall–Kier alpha value is -1.42. The van der Waals surface area contributed by atoms with Gasteiger partial charge in [0.2, 0.25) is 0 Å². The highest BCUT2D eigenvalue weighted by Gasteiger charge is 2.13. The summed E-state index contributed by atoms with van der Waals surface area (Å²) in [5.41, 5.74) is 0.871. The zero-order valence-corrected chi connectivity index (χ0v) is 18.4. The molecule has 26 heavy (non-hydrogen) atoms. The van der Waals surface area contributed by atoms with E-state index in [0.717, 1.165) is 50.0 Å². The molecule has 2 heterocycles. The van der Waals surface area contributed by atoms with Crippen molar-refractivity contribution in [2.45, 2.75) is 39.7 Å². The number of rotatable bonds is 9. The summed E-state index contributed by atoms with van der Waals surface area (Å²) < 4.78 is 7.78. The molecule has 7 nitrogen and oxygen atoms in total. The highest BCUT2D eigenvalue weighted by atomic mass is 127. The molecule has 0 bridgehead atoms. The van der Waals surface area contributed by atoms with Gasteiger partial charge in [-0.15, -0.1) is 34.2 Å². The van der Waals surface area contributed by atoms with Crippen molar-refractivity contribution in [3.05, 3.63) is 30.2 Å². The number of hydrogen-bond acceptors (Lipinski definition) is 4. The van der Waals surface area contributed by atoms with Crippen LogP contribution in [0, 0.1) is 5.92 Å². The van der Waals surface area contributed by atoms with Crippen molar-refractivity contribution in [2.24, 2.45) is 10.9 Å². The van der Waals surface area contributed by atoms with E-state index < -0.39 is 0 Å². The van der Waals surface area contributed by atoms with Crippen LogP contribution in [0.3, 0.4) is 0 Å². The average Bonchev–Trinajstić information content (AvgIpc) is 3.02. The molecule has 0 fully saturated rings. The van der Waals surface area contributed by atoms with Crippen LogP contribution in [0.5, 0.6) is 0 Å². The minimum atomic E-state index is 0. The largest absolute Gasteiger partial charge is 0.378 e. The van der Waals surface area contributed by atoms with Crippen LogP contribution in [0.2, 0.25) is 0 Å². The van der Waals surface area contributed by atoms with Crippen molar-refractivity contribution in [3.8, 4) is 0 Å². The summed E-state index contributed by atoms with van der Waals surface area (Å²) in [6.45, 7) is 8.75. The van der Waals surface area contributed by atoms with Crippen molar-refractivity contribution in [2.75, 3.05) is 26.7 Å². The molecular weight excluding hydrogens is 443 g/mol. The summed E-state index contributed by atoms with van der Waals surface area (Å²) in [4.78, 5) is 4.27. The number of hydrogen-bond donors (Lipinski definition) is 2. The molecule has 2 aromatic heterocycles. The Labute approximate surface area is 173 Å². The van der Waals surface area contributed by atoms with E-state index in [-0.39, 0.29) is 30.1 Å². The Bertz CT molecular complexity index is 672. The molecule has 0 aliphatic rings. The molecule has 0 amide bonds. The zero-order chi connectivity index (χ0) is 18.1. The van der Waals surface area contributed by atoms with Gasteiger partial charge >= 0.3 is 0 Å². The molecule has 2 N–H and O–H groups in total. The van der Waals surface area contributed by atoms with E-state index in [1.807, 2.05) is 35.7 Å². The maximum absolute atomic E-state index is 5.77. The van der Waals surface area contributed by atoms with Crippen LogP contribution < -0.4 is 10.6 Å². The third kappa shape index (κ3) is 6.71. The first kappa shape index (κ1) is 22.6. The zero-order valence-electron chi connectivity index (χ0n) is 16.1. The minimum absolute atomic E-state index is 0. The summed E-state index contributed by atoms with van der Waals surface area (Å²) >= 11 is 0. The van der Waals surface area contributed by atoms with E-state index in [1.165, 1.54) is 0 Å². The topological polar surface area (TPSA) is 75.8 Å². The van der Waals surface area contributed by atoms with Gasteiger partial charge in [0.05, 0.1) is 6.10 Å². The third-order valence-electron chi connectivity index (χ3n) is 4.09. The number of guanidine groups is 1. The standard InChI is InChI=1S/C18H30N6O.HI/c1-5-25-15(14(2)3)9-11-20-18(19-4)21-12-10-17-23-22-16-8-6-7-13-24(16)17;/h6-8,13-15H,5,9-12H2,1-4H3,(H2,19,20,21);1H. The van der Waals surface area contributed by atoms with Crippen LogP contribution in [-0.4, -0.2) is 53.4 Å².